The predicted octanol–water partition coefficient (Wildman–Crippen LogP) is 1.73. The summed E-state index contributed by atoms with van der Waals surface area (Å²) < 4.78 is 0. The average molecular weight is 149 g/mol. The van der Waals surface area contributed by atoms with Crippen LogP contribution in [0.2, 0.25) is 0 Å². The highest BCUT2D eigenvalue weighted by Gasteiger charge is 1.82. The van der Waals surface area contributed by atoms with Gasteiger partial charge in [0.1, 0.15) is 0 Å². The average Bonchev–Trinajstić information content (AvgIpc) is 1.81. The van der Waals surface area contributed by atoms with E-state index >= 15 is 0 Å². The quantitative estimate of drug-likeness (QED) is 0.475. The van der Waals surface area contributed by atoms with E-state index in [1.165, 1.54) is 17.7 Å². The van der Waals surface area contributed by atoms with Crippen molar-refractivity contribution >= 4 is 29.7 Å². The number of thioether (sulfide) groups is 2. The molecule has 0 spiro atoms. The van der Waals surface area contributed by atoms with Crippen molar-refractivity contribution in [2.24, 2.45) is 0 Å². The van der Waals surface area contributed by atoms with E-state index in [1.54, 1.807) is 0 Å². The van der Waals surface area contributed by atoms with Crippen molar-refractivity contribution in [2.75, 3.05) is 23.5 Å². The molecule has 1 nitrogen and oxygen atoms in total. The van der Waals surface area contributed by atoms with Crippen molar-refractivity contribution in [1.29, 1.82) is 5.41 Å². The molecule has 0 aliphatic carbocycles. The summed E-state index contributed by atoms with van der Waals surface area (Å²) in [4.78, 5) is 0. The van der Waals surface area contributed by atoms with Crippen LogP contribution in [0.4, 0.5) is 0 Å². The highest BCUT2D eigenvalue weighted by molar-refractivity contribution is 8.02. The number of hydrogen-bond donors (Lipinski definition) is 1. The third-order valence-electron chi connectivity index (χ3n) is 0.633. The van der Waals surface area contributed by atoms with Gasteiger partial charge in [0.15, 0.2) is 0 Å². The number of rotatable bonds is 5. The molecule has 1 N–H and O–H groups in total. The zero-order valence-corrected chi connectivity index (χ0v) is 6.65. The van der Waals surface area contributed by atoms with Crippen LogP contribution in [0, 0.1) is 5.41 Å². The topological polar surface area (TPSA) is 23.9 Å². The van der Waals surface area contributed by atoms with E-state index in [0.29, 0.717) is 0 Å². The lowest BCUT2D eigenvalue weighted by molar-refractivity contribution is 1.53. The van der Waals surface area contributed by atoms with Gasteiger partial charge in [0.2, 0.25) is 0 Å². The molecule has 0 saturated heterocycles. The first-order chi connectivity index (χ1) is 3.91. The van der Waals surface area contributed by atoms with Crippen molar-refractivity contribution in [3.63, 3.8) is 0 Å². The van der Waals surface area contributed by atoms with E-state index in [0.717, 1.165) is 5.75 Å². The van der Waals surface area contributed by atoms with Gasteiger partial charge in [-0.1, -0.05) is 0 Å². The van der Waals surface area contributed by atoms with Crippen LogP contribution >= 0.6 is 23.5 Å². The molecule has 0 heterocycles. The Kier molecular flexibility index (Phi) is 7.71. The maximum Gasteiger partial charge on any atom is 0.0281 e. The fourth-order valence-electron chi connectivity index (χ4n) is 0.285. The van der Waals surface area contributed by atoms with Gasteiger partial charge in [0, 0.05) is 23.5 Å². The fraction of sp³-hybridized carbons (Fsp3) is 0.800. The SMILES string of the molecule is CSCCSCC=N. The fourth-order valence-corrected chi connectivity index (χ4v) is 1.71. The minimum atomic E-state index is 0.876. The zero-order chi connectivity index (χ0) is 6.24. The first kappa shape index (κ1) is 8.37. The van der Waals surface area contributed by atoms with Crippen molar-refractivity contribution in [2.45, 2.75) is 0 Å². The van der Waals surface area contributed by atoms with Gasteiger partial charge in [-0.2, -0.15) is 23.5 Å². The minimum absolute atomic E-state index is 0.876. The molecule has 0 aromatic heterocycles. The number of nitrogens with one attached hydrogen (secondary N) is 1. The summed E-state index contributed by atoms with van der Waals surface area (Å²) in [5.41, 5.74) is 0. The first-order valence-electron chi connectivity index (χ1n) is 2.47. The van der Waals surface area contributed by atoms with E-state index in [-0.39, 0.29) is 0 Å². The van der Waals surface area contributed by atoms with E-state index in [1.807, 2.05) is 23.5 Å². The Labute approximate surface area is 59.1 Å². The lowest BCUT2D eigenvalue weighted by Crippen LogP contribution is -1.84. The van der Waals surface area contributed by atoms with Crippen molar-refractivity contribution in [3.05, 3.63) is 0 Å². The van der Waals surface area contributed by atoms with E-state index in [4.69, 9.17) is 5.41 Å². The Bertz CT molecular complexity index is 56.4. The maximum absolute atomic E-state index is 6.69. The van der Waals surface area contributed by atoms with Crippen molar-refractivity contribution < 1.29 is 0 Å². The Morgan fingerprint density at radius 3 is 2.75 bits per heavy atom. The molecule has 8 heavy (non-hydrogen) atoms. The van der Waals surface area contributed by atoms with Crippen LogP contribution in [0.25, 0.3) is 0 Å². The summed E-state index contributed by atoms with van der Waals surface area (Å²) in [6.45, 7) is 0. The molecule has 0 rings (SSSR count). The highest BCUT2D eigenvalue weighted by atomic mass is 32.2. The summed E-state index contributed by atoms with van der Waals surface area (Å²) in [5, 5.41) is 6.69. The summed E-state index contributed by atoms with van der Waals surface area (Å²) in [5.74, 6) is 3.26. The summed E-state index contributed by atoms with van der Waals surface area (Å²) >= 11 is 3.67. The molecule has 0 radical (unpaired) electrons. The van der Waals surface area contributed by atoms with Gasteiger partial charge in [-0.15, -0.1) is 0 Å². The maximum atomic E-state index is 6.69. The van der Waals surface area contributed by atoms with Gasteiger partial charge >= 0.3 is 0 Å². The molecule has 0 saturated carbocycles. The van der Waals surface area contributed by atoms with E-state index in [2.05, 4.69) is 6.26 Å². The number of hydrogen-bond acceptors (Lipinski definition) is 3. The third kappa shape index (κ3) is 6.37. The molecule has 0 amide bonds. The van der Waals surface area contributed by atoms with Crippen molar-refractivity contribution in [3.8, 4) is 0 Å². The highest BCUT2D eigenvalue weighted by Crippen LogP contribution is 2.01. The molecule has 0 aliphatic rings. The van der Waals surface area contributed by atoms with Gasteiger partial charge in [-0.05, 0) is 6.26 Å². The smallest absolute Gasteiger partial charge is 0.0281 e. The van der Waals surface area contributed by atoms with Crippen LogP contribution in [-0.2, 0) is 0 Å². The van der Waals surface area contributed by atoms with Crippen LogP contribution in [-0.4, -0.2) is 29.7 Å². The summed E-state index contributed by atoms with van der Waals surface area (Å²) in [7, 11) is 0. The van der Waals surface area contributed by atoms with Crippen LogP contribution in [0.5, 0.6) is 0 Å². The Morgan fingerprint density at radius 1 is 1.50 bits per heavy atom. The molecular weight excluding hydrogens is 138 g/mol. The van der Waals surface area contributed by atoms with Crippen molar-refractivity contribution in [1.82, 2.24) is 0 Å². The first-order valence-corrected chi connectivity index (χ1v) is 5.02. The summed E-state index contributed by atoms with van der Waals surface area (Å²) in [6.07, 6.45) is 3.55. The molecule has 0 fully saturated rings. The Balaban J connectivity index is 2.62. The summed E-state index contributed by atoms with van der Waals surface area (Å²) in [6, 6.07) is 0. The Morgan fingerprint density at radius 2 is 2.25 bits per heavy atom. The second kappa shape index (κ2) is 7.37. The molecule has 0 aromatic carbocycles. The van der Waals surface area contributed by atoms with Gasteiger partial charge in [-0.25, -0.2) is 0 Å². The van der Waals surface area contributed by atoms with Gasteiger partial charge in [0.25, 0.3) is 0 Å². The standard InChI is InChI=1S/C5H11NS2/c1-7-4-5-8-3-2-6/h2,6H,3-5H2,1H3. The second-order valence-electron chi connectivity index (χ2n) is 1.27. The third-order valence-corrected chi connectivity index (χ3v) is 2.40. The molecule has 0 unspecified atom stereocenters. The Hall–Kier alpha value is 0.370. The van der Waals surface area contributed by atoms with Gasteiger partial charge < -0.3 is 5.41 Å². The molecule has 0 bridgehead atoms. The zero-order valence-electron chi connectivity index (χ0n) is 5.02. The molecule has 48 valence electrons. The van der Waals surface area contributed by atoms with Gasteiger partial charge in [0.05, 0.1) is 0 Å². The molecule has 0 aromatic rings. The lowest BCUT2D eigenvalue weighted by Gasteiger charge is -1.91. The van der Waals surface area contributed by atoms with Crippen LogP contribution in [0.15, 0.2) is 0 Å². The van der Waals surface area contributed by atoms with Crippen LogP contribution < -0.4 is 0 Å². The monoisotopic (exact) mass is 149 g/mol. The molecular formula is C5H11NS2. The van der Waals surface area contributed by atoms with E-state index in [9.17, 15) is 0 Å². The van der Waals surface area contributed by atoms with Gasteiger partial charge in [-0.3, -0.25) is 0 Å². The van der Waals surface area contributed by atoms with E-state index < -0.39 is 0 Å². The van der Waals surface area contributed by atoms with Crippen LogP contribution in [0.3, 0.4) is 0 Å². The predicted molar refractivity (Wildman–Crippen MR) is 44.5 cm³/mol. The minimum Gasteiger partial charge on any atom is -0.312 e. The lowest BCUT2D eigenvalue weighted by atomic mass is 10.9. The largest absolute Gasteiger partial charge is 0.312 e. The normalized spacial score (nSPS) is 9.12. The second-order valence-corrected chi connectivity index (χ2v) is 3.41. The molecule has 0 aliphatic heterocycles. The molecule has 3 heteroatoms. The van der Waals surface area contributed by atoms with Crippen LogP contribution in [0.1, 0.15) is 0 Å². The molecule has 0 atom stereocenters.